The molecule has 0 N–H and O–H groups in total. The lowest BCUT2D eigenvalue weighted by atomic mass is 10.1. The van der Waals surface area contributed by atoms with E-state index < -0.39 is 0 Å². The Bertz CT molecular complexity index is 714. The fraction of sp³-hybridized carbons (Fsp3) is 0.200. The summed E-state index contributed by atoms with van der Waals surface area (Å²) < 4.78 is 0. The fourth-order valence-electron chi connectivity index (χ4n) is 2.89. The third-order valence-corrected chi connectivity index (χ3v) is 5.32. The van der Waals surface area contributed by atoms with Crippen molar-refractivity contribution in [2.75, 3.05) is 6.54 Å². The molecule has 1 heterocycles. The molecule has 1 aliphatic heterocycles. The van der Waals surface area contributed by atoms with E-state index in [-0.39, 0.29) is 0 Å². The van der Waals surface area contributed by atoms with Gasteiger partial charge in [0.25, 0.3) is 0 Å². The lowest BCUT2D eigenvalue weighted by Gasteiger charge is -2.23. The van der Waals surface area contributed by atoms with Gasteiger partial charge in [-0.2, -0.15) is 0 Å². The SMILES string of the molecule is C=C1SC(c2ccccc2)=C(c2ccccc2)N1CC1CC1. The number of thioether (sulfide) groups is 1. The molecule has 1 aliphatic carbocycles. The third-order valence-electron chi connectivity index (χ3n) is 4.23. The fourth-order valence-corrected chi connectivity index (χ4v) is 3.98. The van der Waals surface area contributed by atoms with Gasteiger partial charge < -0.3 is 4.90 Å². The van der Waals surface area contributed by atoms with E-state index in [1.807, 2.05) is 11.8 Å². The van der Waals surface area contributed by atoms with E-state index in [2.05, 4.69) is 72.1 Å². The molecule has 1 nitrogen and oxygen atoms in total. The van der Waals surface area contributed by atoms with Crippen molar-refractivity contribution in [1.29, 1.82) is 0 Å². The Morgan fingerprint density at radius 3 is 2.09 bits per heavy atom. The average Bonchev–Trinajstić information content (AvgIpc) is 3.33. The van der Waals surface area contributed by atoms with Crippen molar-refractivity contribution < 1.29 is 0 Å². The molecule has 2 aromatic rings. The molecule has 22 heavy (non-hydrogen) atoms. The molecule has 2 aromatic carbocycles. The van der Waals surface area contributed by atoms with Gasteiger partial charge in [0.1, 0.15) is 0 Å². The Hall–Kier alpha value is -1.93. The molecule has 1 fully saturated rings. The summed E-state index contributed by atoms with van der Waals surface area (Å²) in [4.78, 5) is 3.76. The van der Waals surface area contributed by atoms with Gasteiger partial charge >= 0.3 is 0 Å². The van der Waals surface area contributed by atoms with Crippen molar-refractivity contribution in [3.05, 3.63) is 83.4 Å². The highest BCUT2D eigenvalue weighted by Gasteiger charge is 2.33. The minimum Gasteiger partial charge on any atom is -0.335 e. The van der Waals surface area contributed by atoms with Gasteiger partial charge in [0.05, 0.1) is 10.7 Å². The van der Waals surface area contributed by atoms with Crippen LogP contribution in [-0.4, -0.2) is 11.4 Å². The zero-order valence-electron chi connectivity index (χ0n) is 12.5. The first kappa shape index (κ1) is 13.7. The van der Waals surface area contributed by atoms with E-state index in [0.717, 1.165) is 17.5 Å². The molecule has 0 unspecified atom stereocenters. The molecule has 1 saturated carbocycles. The second kappa shape index (κ2) is 5.69. The van der Waals surface area contributed by atoms with Gasteiger partial charge in [-0.05, 0) is 29.9 Å². The van der Waals surface area contributed by atoms with Crippen LogP contribution in [-0.2, 0) is 0 Å². The van der Waals surface area contributed by atoms with E-state index in [1.165, 1.54) is 34.6 Å². The maximum Gasteiger partial charge on any atom is 0.0728 e. The van der Waals surface area contributed by atoms with Crippen LogP contribution in [0.1, 0.15) is 24.0 Å². The molecule has 0 amide bonds. The molecule has 0 bridgehead atoms. The summed E-state index contributed by atoms with van der Waals surface area (Å²) in [5, 5.41) is 1.16. The van der Waals surface area contributed by atoms with Gasteiger partial charge in [-0.3, -0.25) is 0 Å². The summed E-state index contributed by atoms with van der Waals surface area (Å²) in [5.41, 5.74) is 3.90. The van der Waals surface area contributed by atoms with Crippen LogP contribution in [0.25, 0.3) is 10.6 Å². The molecule has 2 aliphatic rings. The van der Waals surface area contributed by atoms with Crippen molar-refractivity contribution in [1.82, 2.24) is 4.90 Å². The Morgan fingerprint density at radius 2 is 1.50 bits per heavy atom. The van der Waals surface area contributed by atoms with Crippen molar-refractivity contribution >= 4 is 22.4 Å². The van der Waals surface area contributed by atoms with Gasteiger partial charge in [-0.1, -0.05) is 79.0 Å². The van der Waals surface area contributed by atoms with E-state index in [9.17, 15) is 0 Å². The average molecular weight is 305 g/mol. The van der Waals surface area contributed by atoms with Gasteiger partial charge in [0, 0.05) is 11.4 Å². The largest absolute Gasteiger partial charge is 0.335 e. The third kappa shape index (κ3) is 2.59. The molecular weight excluding hydrogens is 286 g/mol. The molecule has 0 saturated heterocycles. The monoisotopic (exact) mass is 305 g/mol. The van der Waals surface area contributed by atoms with Crippen LogP contribution in [0.4, 0.5) is 0 Å². The number of benzene rings is 2. The molecule has 2 heteroatoms. The molecule has 0 atom stereocenters. The van der Waals surface area contributed by atoms with Crippen LogP contribution in [0, 0.1) is 5.92 Å². The molecule has 4 rings (SSSR count). The quantitative estimate of drug-likeness (QED) is 0.739. The van der Waals surface area contributed by atoms with Gasteiger partial charge in [0.15, 0.2) is 0 Å². The van der Waals surface area contributed by atoms with Crippen molar-refractivity contribution in [3.63, 3.8) is 0 Å². The van der Waals surface area contributed by atoms with Gasteiger partial charge in [0.2, 0.25) is 0 Å². The van der Waals surface area contributed by atoms with Crippen molar-refractivity contribution in [2.24, 2.45) is 5.92 Å². The summed E-state index contributed by atoms with van der Waals surface area (Å²) in [6.45, 7) is 5.42. The van der Waals surface area contributed by atoms with Crippen LogP contribution in [0.2, 0.25) is 0 Å². The highest BCUT2D eigenvalue weighted by molar-refractivity contribution is 8.12. The highest BCUT2D eigenvalue weighted by atomic mass is 32.2. The highest BCUT2D eigenvalue weighted by Crippen LogP contribution is 2.51. The minimum atomic E-state index is 0.839. The zero-order chi connectivity index (χ0) is 14.9. The van der Waals surface area contributed by atoms with Crippen LogP contribution < -0.4 is 0 Å². The summed E-state index contributed by atoms with van der Waals surface area (Å²) in [5.74, 6) is 0.839. The predicted octanol–water partition coefficient (Wildman–Crippen LogP) is 5.44. The second-order valence-corrected chi connectivity index (χ2v) is 7.04. The number of hydrogen-bond acceptors (Lipinski definition) is 2. The second-order valence-electron chi connectivity index (χ2n) is 5.96. The van der Waals surface area contributed by atoms with Crippen LogP contribution in [0.5, 0.6) is 0 Å². The Balaban J connectivity index is 1.83. The number of hydrogen-bond donors (Lipinski definition) is 0. The van der Waals surface area contributed by atoms with Gasteiger partial charge in [-0.25, -0.2) is 0 Å². The normalized spacial score (nSPS) is 18.2. The molecule has 110 valence electrons. The van der Waals surface area contributed by atoms with E-state index in [1.54, 1.807) is 0 Å². The summed E-state index contributed by atoms with van der Waals surface area (Å²) in [6.07, 6.45) is 2.72. The zero-order valence-corrected chi connectivity index (χ0v) is 13.4. The maximum absolute atomic E-state index is 4.32. The Morgan fingerprint density at radius 1 is 0.909 bits per heavy atom. The van der Waals surface area contributed by atoms with E-state index in [0.29, 0.717) is 0 Å². The molecule has 0 radical (unpaired) electrons. The smallest absolute Gasteiger partial charge is 0.0728 e. The van der Waals surface area contributed by atoms with Crippen LogP contribution in [0.3, 0.4) is 0 Å². The predicted molar refractivity (Wildman–Crippen MR) is 95.9 cm³/mol. The summed E-state index contributed by atoms with van der Waals surface area (Å²) in [7, 11) is 0. The van der Waals surface area contributed by atoms with Crippen LogP contribution >= 0.6 is 11.8 Å². The van der Waals surface area contributed by atoms with Gasteiger partial charge in [-0.15, -0.1) is 0 Å². The Labute approximate surface area is 136 Å². The lowest BCUT2D eigenvalue weighted by molar-refractivity contribution is 0.494. The first-order chi connectivity index (χ1) is 10.8. The molecular formula is C20H19NS. The first-order valence-electron chi connectivity index (χ1n) is 7.82. The standard InChI is InChI=1S/C20H19NS/c1-15-21(14-16-12-13-16)19(17-8-4-2-5-9-17)20(22-15)18-10-6-3-7-11-18/h2-11,16H,1,12-14H2. The molecule has 0 spiro atoms. The van der Waals surface area contributed by atoms with E-state index >= 15 is 0 Å². The molecule has 0 aromatic heterocycles. The van der Waals surface area contributed by atoms with Crippen molar-refractivity contribution in [3.8, 4) is 0 Å². The van der Waals surface area contributed by atoms with Crippen molar-refractivity contribution in [2.45, 2.75) is 12.8 Å². The van der Waals surface area contributed by atoms with E-state index in [4.69, 9.17) is 0 Å². The lowest BCUT2D eigenvalue weighted by Crippen LogP contribution is -2.19. The Kier molecular flexibility index (Phi) is 3.55. The summed E-state index contributed by atoms with van der Waals surface area (Å²) >= 11 is 1.81. The number of rotatable bonds is 4. The van der Waals surface area contributed by atoms with Crippen LogP contribution in [0.15, 0.2) is 72.3 Å². The maximum atomic E-state index is 4.32. The first-order valence-corrected chi connectivity index (χ1v) is 8.64. The minimum absolute atomic E-state index is 0.839. The summed E-state index contributed by atoms with van der Waals surface area (Å²) in [6, 6.07) is 21.4. The topological polar surface area (TPSA) is 3.24 Å². The number of nitrogens with zero attached hydrogens (tertiary/aromatic N) is 1.